The van der Waals surface area contributed by atoms with Crippen LogP contribution in [0.25, 0.3) is 11.4 Å². The molecule has 7 nitrogen and oxygen atoms in total. The van der Waals surface area contributed by atoms with Gasteiger partial charge in [0.1, 0.15) is 4.88 Å². The lowest BCUT2D eigenvalue weighted by atomic mass is 10.2. The third-order valence-corrected chi connectivity index (χ3v) is 4.86. The van der Waals surface area contributed by atoms with E-state index in [0.29, 0.717) is 33.2 Å². The molecule has 0 bridgehead atoms. The maximum Gasteiger partial charge on any atom is 0.271 e. The number of amides is 1. The maximum absolute atomic E-state index is 12.5. The molecule has 1 aliphatic rings. The molecule has 1 amide bonds. The highest BCUT2D eigenvalue weighted by molar-refractivity contribution is 7.08. The van der Waals surface area contributed by atoms with Crippen LogP contribution in [-0.4, -0.2) is 30.3 Å². The van der Waals surface area contributed by atoms with Crippen LogP contribution in [0, 0.1) is 0 Å². The van der Waals surface area contributed by atoms with Crippen molar-refractivity contribution in [2.75, 3.05) is 5.32 Å². The summed E-state index contributed by atoms with van der Waals surface area (Å²) in [4.78, 5) is 17.4. The molecule has 0 radical (unpaired) electrons. The molecule has 0 atom stereocenters. The maximum atomic E-state index is 12.5. The number of carbonyl (C=O) groups excluding carboxylic acids is 1. The minimum Gasteiger partial charge on any atom is -0.290 e. The molecule has 4 rings (SSSR count). The van der Waals surface area contributed by atoms with E-state index in [0.717, 1.165) is 30.1 Å². The molecule has 0 aliphatic heterocycles. The highest BCUT2D eigenvalue weighted by atomic mass is 35.5. The monoisotopic (exact) mass is 360 g/mol. The molecular weight excluding hydrogens is 348 g/mol. The van der Waals surface area contributed by atoms with Gasteiger partial charge in [-0.1, -0.05) is 28.2 Å². The van der Waals surface area contributed by atoms with Crippen LogP contribution < -0.4 is 5.32 Å². The summed E-state index contributed by atoms with van der Waals surface area (Å²) in [6, 6.07) is 7.31. The van der Waals surface area contributed by atoms with E-state index in [-0.39, 0.29) is 5.91 Å². The van der Waals surface area contributed by atoms with E-state index >= 15 is 0 Å². The zero-order chi connectivity index (χ0) is 16.7. The summed E-state index contributed by atoms with van der Waals surface area (Å²) < 4.78 is 5.42. The van der Waals surface area contributed by atoms with Crippen molar-refractivity contribution in [3.05, 3.63) is 39.9 Å². The Balaban J connectivity index is 1.60. The molecule has 0 unspecified atom stereocenters. The molecule has 1 aromatic carbocycles. The Morgan fingerprint density at radius 2 is 2.17 bits per heavy atom. The van der Waals surface area contributed by atoms with Gasteiger partial charge in [0.05, 0.1) is 10.7 Å². The summed E-state index contributed by atoms with van der Waals surface area (Å²) >= 11 is 7.28. The summed E-state index contributed by atoms with van der Waals surface area (Å²) in [6.45, 7) is 0. The van der Waals surface area contributed by atoms with E-state index in [1.807, 2.05) is 18.2 Å². The average molecular weight is 361 g/mol. The number of nitrogens with one attached hydrogen (secondary N) is 1. The fraction of sp³-hybridized carbons (Fsp3) is 0.267. The van der Waals surface area contributed by atoms with Gasteiger partial charge in [-0.25, -0.2) is 4.68 Å². The van der Waals surface area contributed by atoms with Gasteiger partial charge in [0, 0.05) is 18.5 Å². The summed E-state index contributed by atoms with van der Waals surface area (Å²) in [5, 5.41) is 11.7. The summed E-state index contributed by atoms with van der Waals surface area (Å²) in [7, 11) is 1.72. The third kappa shape index (κ3) is 2.78. The van der Waals surface area contributed by atoms with E-state index in [4.69, 9.17) is 11.6 Å². The van der Waals surface area contributed by atoms with Gasteiger partial charge < -0.3 is 0 Å². The summed E-state index contributed by atoms with van der Waals surface area (Å²) in [5.41, 5.74) is 1.50. The second-order valence-electron chi connectivity index (χ2n) is 5.58. The number of halogens is 1. The van der Waals surface area contributed by atoms with E-state index in [2.05, 4.69) is 25.0 Å². The van der Waals surface area contributed by atoms with Gasteiger partial charge in [-0.2, -0.15) is 4.98 Å². The predicted octanol–water partition coefficient (Wildman–Crippen LogP) is 3.12. The van der Waals surface area contributed by atoms with Crippen LogP contribution in [-0.2, 0) is 7.05 Å². The van der Waals surface area contributed by atoms with Crippen molar-refractivity contribution in [2.24, 2.45) is 7.05 Å². The molecule has 0 spiro atoms. The molecule has 122 valence electrons. The first-order chi connectivity index (χ1) is 11.6. The molecule has 1 N–H and O–H groups in total. The highest BCUT2D eigenvalue weighted by Crippen LogP contribution is 2.41. The number of rotatable bonds is 4. The summed E-state index contributed by atoms with van der Waals surface area (Å²) in [6.07, 6.45) is 2.12. The number of hydrogen-bond donors (Lipinski definition) is 1. The Kier molecular flexibility index (Phi) is 3.78. The van der Waals surface area contributed by atoms with Crippen LogP contribution in [0.15, 0.2) is 24.3 Å². The van der Waals surface area contributed by atoms with Gasteiger partial charge in [-0.15, -0.1) is 10.2 Å². The van der Waals surface area contributed by atoms with Gasteiger partial charge in [0.2, 0.25) is 5.95 Å². The lowest BCUT2D eigenvalue weighted by Gasteiger charge is -2.02. The number of nitrogens with zero attached hydrogens (tertiary/aromatic N) is 5. The molecule has 2 aromatic heterocycles. The third-order valence-electron chi connectivity index (χ3n) is 3.79. The normalized spacial score (nSPS) is 13.9. The van der Waals surface area contributed by atoms with E-state index in [1.54, 1.807) is 13.1 Å². The number of benzene rings is 1. The largest absolute Gasteiger partial charge is 0.290 e. The van der Waals surface area contributed by atoms with Crippen molar-refractivity contribution in [1.82, 2.24) is 24.4 Å². The Morgan fingerprint density at radius 3 is 2.92 bits per heavy atom. The number of aromatic nitrogens is 5. The molecular formula is C15H13ClN6OS. The van der Waals surface area contributed by atoms with Crippen molar-refractivity contribution in [2.45, 2.75) is 18.8 Å². The highest BCUT2D eigenvalue weighted by Gasteiger charge is 2.32. The van der Waals surface area contributed by atoms with Crippen LogP contribution in [0.3, 0.4) is 0 Å². The number of hydrogen-bond acceptors (Lipinski definition) is 6. The lowest BCUT2D eigenvalue weighted by molar-refractivity contribution is 0.102. The van der Waals surface area contributed by atoms with Crippen molar-refractivity contribution in [3.8, 4) is 11.4 Å². The average Bonchev–Trinajstić information content (AvgIpc) is 3.18. The van der Waals surface area contributed by atoms with Crippen LogP contribution >= 0.6 is 23.1 Å². The minimum atomic E-state index is -0.256. The Hall–Kier alpha value is -2.32. The molecule has 24 heavy (non-hydrogen) atoms. The van der Waals surface area contributed by atoms with E-state index < -0.39 is 0 Å². The predicted molar refractivity (Wildman–Crippen MR) is 91.3 cm³/mol. The number of carbonyl (C=O) groups is 1. The van der Waals surface area contributed by atoms with Gasteiger partial charge in [0.15, 0.2) is 5.82 Å². The second kappa shape index (κ2) is 5.95. The Bertz CT molecular complexity index is 916. The Labute approximate surface area is 146 Å². The molecule has 1 saturated carbocycles. The van der Waals surface area contributed by atoms with Crippen molar-refractivity contribution >= 4 is 35.0 Å². The molecule has 9 heteroatoms. The van der Waals surface area contributed by atoms with Crippen LogP contribution in [0.4, 0.5) is 5.95 Å². The molecule has 1 aliphatic carbocycles. The zero-order valence-electron chi connectivity index (χ0n) is 12.7. The topological polar surface area (TPSA) is 85.6 Å². The first-order valence-electron chi connectivity index (χ1n) is 7.43. The van der Waals surface area contributed by atoms with Gasteiger partial charge in [-0.3, -0.25) is 10.1 Å². The SMILES string of the molecule is Cn1nc(-c2ccccc2Cl)nc1NC(=O)c1snnc1C1CC1. The standard InChI is InChI=1S/C15H13ClN6OS/c1-22-15(17-13(20-22)9-4-2-3-5-10(9)16)18-14(23)12-11(8-6-7-8)19-21-24-12/h2-5,8H,6-7H2,1H3,(H,17,18,20,23). The number of aryl methyl sites for hydroxylation is 1. The lowest BCUT2D eigenvalue weighted by Crippen LogP contribution is -2.15. The van der Waals surface area contributed by atoms with Gasteiger partial charge in [0.25, 0.3) is 5.91 Å². The van der Waals surface area contributed by atoms with Crippen molar-refractivity contribution in [1.29, 1.82) is 0 Å². The van der Waals surface area contributed by atoms with Crippen LogP contribution in [0.1, 0.15) is 34.1 Å². The first kappa shape index (κ1) is 15.2. The molecule has 1 fully saturated rings. The van der Waals surface area contributed by atoms with Crippen LogP contribution in [0.5, 0.6) is 0 Å². The zero-order valence-corrected chi connectivity index (χ0v) is 14.3. The van der Waals surface area contributed by atoms with Crippen LogP contribution in [0.2, 0.25) is 5.02 Å². The number of anilines is 1. The minimum absolute atomic E-state index is 0.256. The van der Waals surface area contributed by atoms with Crippen molar-refractivity contribution in [3.63, 3.8) is 0 Å². The second-order valence-corrected chi connectivity index (χ2v) is 6.74. The van der Waals surface area contributed by atoms with Gasteiger partial charge in [-0.05, 0) is 36.5 Å². The van der Waals surface area contributed by atoms with E-state index in [1.165, 1.54) is 4.68 Å². The quantitative estimate of drug-likeness (QED) is 0.772. The van der Waals surface area contributed by atoms with E-state index in [9.17, 15) is 4.79 Å². The first-order valence-corrected chi connectivity index (χ1v) is 8.58. The molecule has 3 aromatic rings. The molecule has 0 saturated heterocycles. The molecule has 2 heterocycles. The fourth-order valence-corrected chi connectivity index (χ4v) is 3.25. The summed E-state index contributed by atoms with van der Waals surface area (Å²) in [5.74, 6) is 0.920. The fourth-order valence-electron chi connectivity index (χ4n) is 2.39. The Morgan fingerprint density at radius 1 is 1.38 bits per heavy atom. The smallest absolute Gasteiger partial charge is 0.271 e. The van der Waals surface area contributed by atoms with Gasteiger partial charge >= 0.3 is 0 Å². The van der Waals surface area contributed by atoms with Crippen molar-refractivity contribution < 1.29 is 4.79 Å².